The Balaban J connectivity index is 1.81. The van der Waals surface area contributed by atoms with Gasteiger partial charge >= 0.3 is 6.36 Å². The molecule has 0 spiro atoms. The zero-order chi connectivity index (χ0) is 16.2. The van der Waals surface area contributed by atoms with E-state index in [2.05, 4.69) is 10.1 Å². The van der Waals surface area contributed by atoms with Gasteiger partial charge in [-0.15, -0.1) is 13.2 Å². The highest BCUT2D eigenvalue weighted by Crippen LogP contribution is 2.23. The highest BCUT2D eigenvalue weighted by molar-refractivity contribution is 5.78. The molecular weight excluding hydrogens is 299 g/mol. The molecule has 1 aromatic carbocycles. The van der Waals surface area contributed by atoms with Crippen LogP contribution in [-0.2, 0) is 11.2 Å². The van der Waals surface area contributed by atoms with Crippen molar-refractivity contribution in [2.24, 2.45) is 0 Å². The highest BCUT2D eigenvalue weighted by atomic mass is 19.4. The van der Waals surface area contributed by atoms with Gasteiger partial charge in [0.05, 0.1) is 12.5 Å². The zero-order valence-corrected chi connectivity index (χ0v) is 11.9. The van der Waals surface area contributed by atoms with Crippen LogP contribution in [0.15, 0.2) is 24.3 Å². The molecule has 4 nitrogen and oxygen atoms in total. The molecule has 1 saturated carbocycles. The number of nitrogens with one attached hydrogen (secondary N) is 1. The van der Waals surface area contributed by atoms with Gasteiger partial charge in [-0.2, -0.15) is 0 Å². The molecule has 0 atom stereocenters. The summed E-state index contributed by atoms with van der Waals surface area (Å²) >= 11 is 0. The van der Waals surface area contributed by atoms with E-state index in [1.54, 1.807) is 0 Å². The first-order valence-electron chi connectivity index (χ1n) is 7.14. The molecule has 22 heavy (non-hydrogen) atoms. The Bertz CT molecular complexity index is 494. The number of amides is 1. The maximum atomic E-state index is 12.0. The first kappa shape index (κ1) is 16.6. The van der Waals surface area contributed by atoms with Crippen LogP contribution in [0.3, 0.4) is 0 Å². The first-order valence-corrected chi connectivity index (χ1v) is 7.14. The molecule has 0 unspecified atom stereocenters. The number of ether oxygens (including phenoxy) is 1. The summed E-state index contributed by atoms with van der Waals surface area (Å²) in [7, 11) is 0. The number of aliphatic hydroxyl groups is 1. The van der Waals surface area contributed by atoms with E-state index in [0.717, 1.165) is 12.8 Å². The van der Waals surface area contributed by atoms with Gasteiger partial charge in [-0.05, 0) is 43.4 Å². The van der Waals surface area contributed by atoms with E-state index in [9.17, 15) is 23.1 Å². The summed E-state index contributed by atoms with van der Waals surface area (Å²) in [5, 5.41) is 12.3. The van der Waals surface area contributed by atoms with Crippen LogP contribution in [0.25, 0.3) is 0 Å². The third-order valence-corrected chi connectivity index (χ3v) is 3.58. The molecular formula is C15H18F3NO3. The fourth-order valence-electron chi connectivity index (χ4n) is 2.49. The van der Waals surface area contributed by atoms with Crippen LogP contribution in [0.5, 0.6) is 5.75 Å². The van der Waals surface area contributed by atoms with Crippen LogP contribution >= 0.6 is 0 Å². The van der Waals surface area contributed by atoms with Crippen LogP contribution in [0.1, 0.15) is 31.2 Å². The lowest BCUT2D eigenvalue weighted by molar-refractivity contribution is -0.274. The van der Waals surface area contributed by atoms with E-state index in [1.807, 2.05) is 0 Å². The van der Waals surface area contributed by atoms with Gasteiger partial charge in [0.2, 0.25) is 5.91 Å². The number of hydrogen-bond acceptors (Lipinski definition) is 3. The third-order valence-electron chi connectivity index (χ3n) is 3.58. The normalized spacial score (nSPS) is 22.2. The topological polar surface area (TPSA) is 58.6 Å². The predicted molar refractivity (Wildman–Crippen MR) is 73.2 cm³/mol. The van der Waals surface area contributed by atoms with Crippen molar-refractivity contribution in [3.05, 3.63) is 29.8 Å². The Hall–Kier alpha value is -1.76. The van der Waals surface area contributed by atoms with E-state index < -0.39 is 6.36 Å². The number of carbonyl (C=O) groups is 1. The van der Waals surface area contributed by atoms with Gasteiger partial charge in [-0.1, -0.05) is 12.1 Å². The maximum absolute atomic E-state index is 12.0. The van der Waals surface area contributed by atoms with Crippen molar-refractivity contribution in [3.63, 3.8) is 0 Å². The average Bonchev–Trinajstić information content (AvgIpc) is 2.42. The lowest BCUT2D eigenvalue weighted by Gasteiger charge is -2.26. The van der Waals surface area contributed by atoms with Gasteiger partial charge in [0, 0.05) is 6.04 Å². The molecule has 0 aliphatic heterocycles. The number of aliphatic hydroxyl groups excluding tert-OH is 1. The summed E-state index contributed by atoms with van der Waals surface area (Å²) in [6.07, 6.45) is -2.07. The lowest BCUT2D eigenvalue weighted by Crippen LogP contribution is -2.39. The SMILES string of the molecule is O=C(Cc1ccc(OC(F)(F)F)cc1)NC1CCC(O)CC1. The summed E-state index contributed by atoms with van der Waals surface area (Å²) < 4.78 is 39.9. The van der Waals surface area contributed by atoms with Gasteiger partial charge in [-0.25, -0.2) is 0 Å². The van der Waals surface area contributed by atoms with Crippen molar-refractivity contribution < 1.29 is 27.8 Å². The van der Waals surface area contributed by atoms with Gasteiger partial charge in [0.15, 0.2) is 0 Å². The second kappa shape index (κ2) is 7.00. The van der Waals surface area contributed by atoms with Crippen molar-refractivity contribution in [1.29, 1.82) is 0 Å². The summed E-state index contributed by atoms with van der Waals surface area (Å²) in [5.74, 6) is -0.483. The second-order valence-electron chi connectivity index (χ2n) is 5.44. The zero-order valence-electron chi connectivity index (χ0n) is 11.9. The third kappa shape index (κ3) is 5.55. The molecule has 2 N–H and O–H groups in total. The number of carbonyl (C=O) groups excluding carboxylic acids is 1. The van der Waals surface area contributed by atoms with Crippen molar-refractivity contribution in [2.45, 2.75) is 50.6 Å². The van der Waals surface area contributed by atoms with Gasteiger partial charge < -0.3 is 15.2 Å². The largest absolute Gasteiger partial charge is 0.573 e. The molecule has 122 valence electrons. The number of halogens is 3. The molecule has 0 heterocycles. The minimum absolute atomic E-state index is 0.0590. The number of alkyl halides is 3. The Morgan fingerprint density at radius 1 is 1.18 bits per heavy atom. The minimum atomic E-state index is -4.72. The Morgan fingerprint density at radius 3 is 2.32 bits per heavy atom. The van der Waals surface area contributed by atoms with Crippen LogP contribution in [0.2, 0.25) is 0 Å². The standard InChI is InChI=1S/C15H18F3NO3/c16-15(17,18)22-13-7-1-10(2-8-13)9-14(21)19-11-3-5-12(20)6-4-11/h1-2,7-8,11-12,20H,3-6,9H2,(H,19,21). The van der Waals surface area contributed by atoms with Gasteiger partial charge in [0.1, 0.15) is 5.75 Å². The minimum Gasteiger partial charge on any atom is -0.406 e. The van der Waals surface area contributed by atoms with Crippen LogP contribution < -0.4 is 10.1 Å². The fourth-order valence-corrected chi connectivity index (χ4v) is 2.49. The quantitative estimate of drug-likeness (QED) is 0.897. The fraction of sp³-hybridized carbons (Fsp3) is 0.533. The molecule has 1 aliphatic carbocycles. The highest BCUT2D eigenvalue weighted by Gasteiger charge is 2.31. The van der Waals surface area contributed by atoms with Crippen LogP contribution in [0, 0.1) is 0 Å². The maximum Gasteiger partial charge on any atom is 0.573 e. The Morgan fingerprint density at radius 2 is 1.77 bits per heavy atom. The molecule has 0 saturated heterocycles. The Kier molecular flexibility index (Phi) is 5.28. The lowest BCUT2D eigenvalue weighted by atomic mass is 9.93. The smallest absolute Gasteiger partial charge is 0.406 e. The molecule has 2 rings (SSSR count). The summed E-state index contributed by atoms with van der Waals surface area (Å²) in [5.41, 5.74) is 0.614. The van der Waals surface area contributed by atoms with Crippen molar-refractivity contribution in [2.75, 3.05) is 0 Å². The van der Waals surface area contributed by atoms with Gasteiger partial charge in [0.25, 0.3) is 0 Å². The van der Waals surface area contributed by atoms with Crippen LogP contribution in [-0.4, -0.2) is 29.5 Å². The monoisotopic (exact) mass is 317 g/mol. The van der Waals surface area contributed by atoms with Crippen molar-refractivity contribution in [3.8, 4) is 5.75 Å². The van der Waals surface area contributed by atoms with Crippen molar-refractivity contribution in [1.82, 2.24) is 5.32 Å². The van der Waals surface area contributed by atoms with Crippen molar-refractivity contribution >= 4 is 5.91 Å². The Labute approximate surface area is 126 Å². The molecule has 1 fully saturated rings. The van der Waals surface area contributed by atoms with E-state index in [-0.39, 0.29) is 30.2 Å². The summed E-state index contributed by atoms with van der Waals surface area (Å²) in [6.45, 7) is 0. The van der Waals surface area contributed by atoms with Gasteiger partial charge in [-0.3, -0.25) is 4.79 Å². The van der Waals surface area contributed by atoms with E-state index in [1.165, 1.54) is 24.3 Å². The van der Waals surface area contributed by atoms with E-state index in [0.29, 0.717) is 18.4 Å². The van der Waals surface area contributed by atoms with E-state index >= 15 is 0 Å². The van der Waals surface area contributed by atoms with Crippen LogP contribution in [0.4, 0.5) is 13.2 Å². The van der Waals surface area contributed by atoms with E-state index in [4.69, 9.17) is 0 Å². The molecule has 1 aliphatic rings. The number of hydrogen-bond donors (Lipinski definition) is 2. The second-order valence-corrected chi connectivity index (χ2v) is 5.44. The average molecular weight is 317 g/mol. The molecule has 0 aromatic heterocycles. The number of benzene rings is 1. The first-order chi connectivity index (χ1) is 10.3. The summed E-state index contributed by atoms with van der Waals surface area (Å²) in [6, 6.07) is 5.31. The molecule has 1 amide bonds. The number of rotatable bonds is 4. The molecule has 0 bridgehead atoms. The molecule has 1 aromatic rings. The molecule has 0 radical (unpaired) electrons. The molecule has 7 heteroatoms. The summed E-state index contributed by atoms with van der Waals surface area (Å²) in [4.78, 5) is 11.9. The predicted octanol–water partition coefficient (Wildman–Crippen LogP) is 2.55.